The van der Waals surface area contributed by atoms with Crippen molar-refractivity contribution in [2.45, 2.75) is 56.5 Å². The highest BCUT2D eigenvalue weighted by molar-refractivity contribution is 6.14. The minimum absolute atomic E-state index is 0.0852. The van der Waals surface area contributed by atoms with Crippen LogP contribution in [0.1, 0.15) is 44.1 Å². The lowest BCUT2D eigenvalue weighted by molar-refractivity contribution is -0.115. The molecular weight excluding hydrogens is 396 g/mol. The van der Waals surface area contributed by atoms with E-state index in [4.69, 9.17) is 0 Å². The van der Waals surface area contributed by atoms with Crippen molar-refractivity contribution < 1.29 is 18.4 Å². The molecular formula is C19H21F2N7O2. The molecule has 2 aromatic heterocycles. The summed E-state index contributed by atoms with van der Waals surface area (Å²) in [5.41, 5.74) is 1.16. The molecule has 1 aliphatic heterocycles. The van der Waals surface area contributed by atoms with Crippen molar-refractivity contribution >= 4 is 35.3 Å². The lowest BCUT2D eigenvalue weighted by Crippen LogP contribution is -2.32. The van der Waals surface area contributed by atoms with Crippen LogP contribution >= 0.6 is 0 Å². The summed E-state index contributed by atoms with van der Waals surface area (Å²) in [6.45, 7) is 0. The van der Waals surface area contributed by atoms with Gasteiger partial charge >= 0.3 is 6.03 Å². The summed E-state index contributed by atoms with van der Waals surface area (Å²) >= 11 is 0. The number of nitrogens with zero attached hydrogens (tertiary/aromatic N) is 3. The lowest BCUT2D eigenvalue weighted by Gasteiger charge is -2.29. The van der Waals surface area contributed by atoms with Crippen molar-refractivity contribution in [3.8, 4) is 0 Å². The molecule has 3 heterocycles. The van der Waals surface area contributed by atoms with Gasteiger partial charge in [-0.15, -0.1) is 0 Å². The highest BCUT2D eigenvalue weighted by atomic mass is 19.3. The standard InChI is InChI=1S/C19H21F2N7O2/c20-19(21)5-3-12(4-6-19)23-14-8-15(24-11-1-2-11)28-16(26-14)10(9-22-28)7-13-17(29)27-18(30)25-13/h7-9,11-12,24H,1-6H2,(H,23,26)(H2,25,27,29,30)/b13-7-. The van der Waals surface area contributed by atoms with Gasteiger partial charge in [-0.05, 0) is 31.8 Å². The number of imide groups is 1. The number of nitrogens with one attached hydrogen (secondary N) is 4. The van der Waals surface area contributed by atoms with Crippen LogP contribution in [0.4, 0.5) is 25.2 Å². The van der Waals surface area contributed by atoms with Gasteiger partial charge in [-0.3, -0.25) is 10.1 Å². The van der Waals surface area contributed by atoms with Crippen LogP contribution in [0.3, 0.4) is 0 Å². The van der Waals surface area contributed by atoms with Gasteiger partial charge in [-0.25, -0.2) is 18.6 Å². The molecule has 0 radical (unpaired) electrons. The molecule has 0 bridgehead atoms. The normalized spacial score (nSPS) is 22.9. The van der Waals surface area contributed by atoms with Crippen LogP contribution in [0.5, 0.6) is 0 Å². The Morgan fingerprint density at radius 3 is 2.50 bits per heavy atom. The van der Waals surface area contributed by atoms with Crippen molar-refractivity contribution in [1.82, 2.24) is 25.2 Å². The van der Waals surface area contributed by atoms with Gasteiger partial charge in [0.2, 0.25) is 5.92 Å². The molecule has 3 aliphatic rings. The van der Waals surface area contributed by atoms with Gasteiger partial charge in [0.15, 0.2) is 5.65 Å². The predicted octanol–water partition coefficient (Wildman–Crippen LogP) is 2.47. The summed E-state index contributed by atoms with van der Waals surface area (Å²) in [7, 11) is 0. The third-order valence-corrected chi connectivity index (χ3v) is 5.52. The first-order chi connectivity index (χ1) is 14.4. The second-order valence-corrected chi connectivity index (χ2v) is 8.02. The minimum atomic E-state index is -2.59. The number of urea groups is 1. The Morgan fingerprint density at radius 1 is 1.10 bits per heavy atom. The number of halogens is 2. The zero-order valence-corrected chi connectivity index (χ0v) is 16.0. The van der Waals surface area contributed by atoms with Crippen molar-refractivity contribution in [3.63, 3.8) is 0 Å². The first kappa shape index (κ1) is 18.8. The maximum absolute atomic E-state index is 13.5. The van der Waals surface area contributed by atoms with Gasteiger partial charge in [0, 0.05) is 36.6 Å². The Bertz CT molecular complexity index is 1050. The van der Waals surface area contributed by atoms with Crippen LogP contribution < -0.4 is 21.3 Å². The molecule has 11 heteroatoms. The fourth-order valence-electron chi connectivity index (χ4n) is 3.73. The summed E-state index contributed by atoms with van der Waals surface area (Å²) in [6, 6.07) is 1.52. The number of aromatic nitrogens is 3. The van der Waals surface area contributed by atoms with Crippen LogP contribution in [0.15, 0.2) is 18.0 Å². The monoisotopic (exact) mass is 417 g/mol. The smallest absolute Gasteiger partial charge is 0.326 e. The zero-order valence-electron chi connectivity index (χ0n) is 16.0. The van der Waals surface area contributed by atoms with E-state index in [0.717, 1.165) is 18.7 Å². The molecule has 3 amide bonds. The second kappa shape index (κ2) is 6.92. The first-order valence-electron chi connectivity index (χ1n) is 10.00. The van der Waals surface area contributed by atoms with Gasteiger partial charge in [0.1, 0.15) is 17.3 Å². The average molecular weight is 417 g/mol. The lowest BCUT2D eigenvalue weighted by atomic mass is 9.92. The van der Waals surface area contributed by atoms with E-state index >= 15 is 0 Å². The Morgan fingerprint density at radius 2 is 1.83 bits per heavy atom. The SMILES string of the molecule is O=C1NC(=O)/C(=C/c2cnn3c(NC4CC4)cc(NC4CCC(F)(F)CC4)nc23)N1. The van der Waals surface area contributed by atoms with Crippen molar-refractivity contribution in [3.05, 3.63) is 23.5 Å². The molecule has 2 saturated carbocycles. The highest BCUT2D eigenvalue weighted by Crippen LogP contribution is 2.34. The van der Waals surface area contributed by atoms with E-state index in [9.17, 15) is 18.4 Å². The molecule has 2 aliphatic carbocycles. The number of anilines is 2. The molecule has 2 aromatic rings. The number of hydrogen-bond acceptors (Lipinski definition) is 6. The third kappa shape index (κ3) is 3.79. The van der Waals surface area contributed by atoms with E-state index in [0.29, 0.717) is 35.9 Å². The van der Waals surface area contributed by atoms with Crippen LogP contribution in [-0.2, 0) is 4.79 Å². The van der Waals surface area contributed by atoms with E-state index in [1.165, 1.54) is 6.08 Å². The van der Waals surface area contributed by atoms with Gasteiger partial charge in [-0.2, -0.15) is 9.61 Å². The molecule has 1 saturated heterocycles. The Hall–Kier alpha value is -3.24. The van der Waals surface area contributed by atoms with Crippen LogP contribution in [0, 0.1) is 0 Å². The summed E-state index contributed by atoms with van der Waals surface area (Å²) in [5.74, 6) is -1.82. The summed E-state index contributed by atoms with van der Waals surface area (Å²) in [6.07, 6.45) is 5.67. The maximum atomic E-state index is 13.5. The fraction of sp³-hybridized carbons (Fsp3) is 0.474. The largest absolute Gasteiger partial charge is 0.367 e. The second-order valence-electron chi connectivity index (χ2n) is 8.02. The molecule has 4 N–H and O–H groups in total. The van der Waals surface area contributed by atoms with Gasteiger partial charge in [0.25, 0.3) is 5.91 Å². The van der Waals surface area contributed by atoms with E-state index in [1.807, 2.05) is 6.07 Å². The van der Waals surface area contributed by atoms with Crippen molar-refractivity contribution in [2.75, 3.05) is 10.6 Å². The molecule has 3 fully saturated rings. The van der Waals surface area contributed by atoms with Gasteiger partial charge in [-0.1, -0.05) is 0 Å². The summed E-state index contributed by atoms with van der Waals surface area (Å²) in [4.78, 5) is 27.8. The quantitative estimate of drug-likeness (QED) is 0.439. The van der Waals surface area contributed by atoms with Crippen LogP contribution in [-0.4, -0.2) is 44.5 Å². The van der Waals surface area contributed by atoms with E-state index < -0.39 is 17.9 Å². The molecule has 9 nitrogen and oxygen atoms in total. The number of amides is 3. The summed E-state index contributed by atoms with van der Waals surface area (Å²) in [5, 5.41) is 15.6. The van der Waals surface area contributed by atoms with Gasteiger partial charge in [0.05, 0.1) is 6.20 Å². The minimum Gasteiger partial charge on any atom is -0.367 e. The Labute approximate surface area is 170 Å². The van der Waals surface area contributed by atoms with E-state index in [1.54, 1.807) is 10.7 Å². The number of alkyl halides is 2. The average Bonchev–Trinajstić information content (AvgIpc) is 3.32. The van der Waals surface area contributed by atoms with Crippen molar-refractivity contribution in [2.24, 2.45) is 0 Å². The fourth-order valence-corrected chi connectivity index (χ4v) is 3.73. The molecule has 30 heavy (non-hydrogen) atoms. The van der Waals surface area contributed by atoms with Crippen molar-refractivity contribution in [1.29, 1.82) is 0 Å². The predicted molar refractivity (Wildman–Crippen MR) is 105 cm³/mol. The number of rotatable bonds is 5. The first-order valence-corrected chi connectivity index (χ1v) is 10.00. The molecule has 0 aromatic carbocycles. The Balaban J connectivity index is 1.47. The molecule has 5 rings (SSSR count). The third-order valence-electron chi connectivity index (χ3n) is 5.52. The number of carbonyl (C=O) groups excluding carboxylic acids is 2. The van der Waals surface area contributed by atoms with E-state index in [2.05, 4.69) is 31.3 Å². The zero-order chi connectivity index (χ0) is 20.9. The molecule has 0 atom stereocenters. The topological polar surface area (TPSA) is 112 Å². The number of carbonyl (C=O) groups is 2. The summed E-state index contributed by atoms with van der Waals surface area (Å²) < 4.78 is 28.6. The van der Waals surface area contributed by atoms with E-state index in [-0.39, 0.29) is 24.6 Å². The maximum Gasteiger partial charge on any atom is 0.326 e. The Kier molecular flexibility index (Phi) is 4.33. The number of hydrogen-bond donors (Lipinski definition) is 4. The molecule has 0 spiro atoms. The molecule has 0 unspecified atom stereocenters. The van der Waals surface area contributed by atoms with Crippen LogP contribution in [0.2, 0.25) is 0 Å². The van der Waals surface area contributed by atoms with Crippen LogP contribution in [0.25, 0.3) is 11.7 Å². The van der Waals surface area contributed by atoms with Gasteiger partial charge < -0.3 is 16.0 Å². The highest BCUT2D eigenvalue weighted by Gasteiger charge is 2.35. The number of fused-ring (bicyclic) bond motifs is 1. The molecule has 158 valence electrons.